The van der Waals surface area contributed by atoms with Crippen LogP contribution in [0.1, 0.15) is 32.3 Å². The number of rotatable bonds is 4. The second-order valence-electron chi connectivity index (χ2n) is 5.60. The lowest BCUT2D eigenvalue weighted by Crippen LogP contribution is -2.42. The highest BCUT2D eigenvalue weighted by Crippen LogP contribution is 2.25. The van der Waals surface area contributed by atoms with Crippen LogP contribution in [0.3, 0.4) is 0 Å². The molecule has 0 aromatic heterocycles. The third-order valence-corrected chi connectivity index (χ3v) is 6.12. The molecule has 1 fully saturated rings. The first-order valence-corrected chi connectivity index (χ1v) is 8.74. The van der Waals surface area contributed by atoms with E-state index in [0.29, 0.717) is 23.9 Å². The number of sulfonamides is 1. The molecule has 112 valence electrons. The average molecular weight is 296 g/mol. The highest BCUT2D eigenvalue weighted by molar-refractivity contribution is 7.89. The SMILES string of the molecule is CCc1ccc(S(=O)(=O)N2CCC(C(C)N)CC2)cc1. The van der Waals surface area contributed by atoms with Crippen molar-refractivity contribution in [2.24, 2.45) is 11.7 Å². The van der Waals surface area contributed by atoms with Gasteiger partial charge in [0.25, 0.3) is 0 Å². The Bertz CT molecular complexity index is 529. The van der Waals surface area contributed by atoms with E-state index in [0.717, 1.165) is 24.8 Å². The Labute approximate surface area is 122 Å². The van der Waals surface area contributed by atoms with Crippen molar-refractivity contribution in [2.75, 3.05) is 13.1 Å². The number of piperidine rings is 1. The lowest BCUT2D eigenvalue weighted by atomic mass is 9.92. The first-order chi connectivity index (χ1) is 9.45. The smallest absolute Gasteiger partial charge is 0.243 e. The van der Waals surface area contributed by atoms with E-state index in [-0.39, 0.29) is 6.04 Å². The fourth-order valence-corrected chi connectivity index (χ4v) is 4.16. The molecule has 5 heteroatoms. The summed E-state index contributed by atoms with van der Waals surface area (Å²) in [6, 6.07) is 7.35. The molecule has 1 aromatic rings. The highest BCUT2D eigenvalue weighted by atomic mass is 32.2. The maximum Gasteiger partial charge on any atom is 0.243 e. The van der Waals surface area contributed by atoms with Gasteiger partial charge in [0.2, 0.25) is 10.0 Å². The average Bonchev–Trinajstić information content (AvgIpc) is 2.47. The van der Waals surface area contributed by atoms with Gasteiger partial charge in [-0.05, 0) is 49.8 Å². The third-order valence-electron chi connectivity index (χ3n) is 4.21. The molecule has 1 aromatic carbocycles. The van der Waals surface area contributed by atoms with Gasteiger partial charge in [-0.1, -0.05) is 19.1 Å². The van der Waals surface area contributed by atoms with Crippen molar-refractivity contribution >= 4 is 10.0 Å². The molecule has 0 aliphatic carbocycles. The first-order valence-electron chi connectivity index (χ1n) is 7.30. The van der Waals surface area contributed by atoms with Crippen LogP contribution in [-0.4, -0.2) is 31.9 Å². The quantitative estimate of drug-likeness (QED) is 0.924. The summed E-state index contributed by atoms with van der Waals surface area (Å²) in [5.74, 6) is 0.434. The van der Waals surface area contributed by atoms with Gasteiger partial charge in [0.15, 0.2) is 0 Å². The minimum Gasteiger partial charge on any atom is -0.328 e. The number of hydrogen-bond donors (Lipinski definition) is 1. The molecule has 0 spiro atoms. The van der Waals surface area contributed by atoms with E-state index in [4.69, 9.17) is 5.73 Å². The summed E-state index contributed by atoms with van der Waals surface area (Å²) in [6.07, 6.45) is 2.62. The predicted molar refractivity (Wildman–Crippen MR) is 81.0 cm³/mol. The van der Waals surface area contributed by atoms with E-state index in [1.54, 1.807) is 16.4 Å². The van der Waals surface area contributed by atoms with E-state index in [2.05, 4.69) is 6.92 Å². The molecule has 2 rings (SSSR count). The van der Waals surface area contributed by atoms with Crippen molar-refractivity contribution in [3.05, 3.63) is 29.8 Å². The topological polar surface area (TPSA) is 63.4 Å². The molecule has 4 nitrogen and oxygen atoms in total. The number of aryl methyl sites for hydroxylation is 1. The zero-order valence-corrected chi connectivity index (χ0v) is 13.1. The summed E-state index contributed by atoms with van der Waals surface area (Å²) in [5.41, 5.74) is 7.05. The number of hydrogen-bond acceptors (Lipinski definition) is 3. The van der Waals surface area contributed by atoms with Gasteiger partial charge in [0.05, 0.1) is 4.90 Å². The van der Waals surface area contributed by atoms with Gasteiger partial charge in [0.1, 0.15) is 0 Å². The molecule has 1 aliphatic heterocycles. The van der Waals surface area contributed by atoms with E-state index in [1.165, 1.54) is 0 Å². The van der Waals surface area contributed by atoms with Crippen LogP contribution in [0, 0.1) is 5.92 Å². The molecule has 1 aliphatic rings. The maximum atomic E-state index is 12.6. The monoisotopic (exact) mass is 296 g/mol. The molecule has 1 saturated heterocycles. The van der Waals surface area contributed by atoms with Crippen LogP contribution in [0.25, 0.3) is 0 Å². The van der Waals surface area contributed by atoms with E-state index >= 15 is 0 Å². The lowest BCUT2D eigenvalue weighted by Gasteiger charge is -2.32. The predicted octanol–water partition coefficient (Wildman–Crippen LogP) is 2.00. The Morgan fingerprint density at radius 2 is 1.80 bits per heavy atom. The third kappa shape index (κ3) is 3.22. The lowest BCUT2D eigenvalue weighted by molar-refractivity contribution is 0.250. The van der Waals surface area contributed by atoms with Crippen LogP contribution < -0.4 is 5.73 Å². The van der Waals surface area contributed by atoms with Gasteiger partial charge in [-0.25, -0.2) is 8.42 Å². The molecule has 0 saturated carbocycles. The zero-order chi connectivity index (χ0) is 14.8. The Morgan fingerprint density at radius 1 is 1.25 bits per heavy atom. The summed E-state index contributed by atoms with van der Waals surface area (Å²) in [4.78, 5) is 0.397. The standard InChI is InChI=1S/C15H24N2O2S/c1-3-13-4-6-15(7-5-13)20(18,19)17-10-8-14(9-11-17)12(2)16/h4-7,12,14H,3,8-11,16H2,1-2H3. The summed E-state index contributed by atoms with van der Waals surface area (Å²) in [6.45, 7) is 5.20. The van der Waals surface area contributed by atoms with Gasteiger partial charge in [-0.2, -0.15) is 4.31 Å². The van der Waals surface area contributed by atoms with Gasteiger partial charge in [0, 0.05) is 19.1 Å². The van der Waals surface area contributed by atoms with Gasteiger partial charge in [-0.3, -0.25) is 0 Å². The van der Waals surface area contributed by atoms with Gasteiger partial charge >= 0.3 is 0 Å². The van der Waals surface area contributed by atoms with Crippen molar-refractivity contribution < 1.29 is 8.42 Å². The van der Waals surface area contributed by atoms with Crippen LogP contribution in [0.15, 0.2) is 29.2 Å². The van der Waals surface area contributed by atoms with Gasteiger partial charge in [-0.15, -0.1) is 0 Å². The summed E-state index contributed by atoms with van der Waals surface area (Å²) in [5, 5.41) is 0. The Balaban J connectivity index is 2.11. The molecule has 20 heavy (non-hydrogen) atoms. The molecule has 0 bridgehead atoms. The molecular weight excluding hydrogens is 272 g/mol. The summed E-state index contributed by atoms with van der Waals surface area (Å²) >= 11 is 0. The maximum absolute atomic E-state index is 12.6. The molecule has 1 heterocycles. The normalized spacial score (nSPS) is 19.9. The second-order valence-corrected chi connectivity index (χ2v) is 7.54. The second kappa shape index (κ2) is 6.24. The molecular formula is C15H24N2O2S. The van der Waals surface area contributed by atoms with Crippen LogP contribution in [-0.2, 0) is 16.4 Å². The van der Waals surface area contributed by atoms with Crippen molar-refractivity contribution in [3.8, 4) is 0 Å². The molecule has 0 radical (unpaired) electrons. The highest BCUT2D eigenvalue weighted by Gasteiger charge is 2.30. The Morgan fingerprint density at radius 3 is 2.25 bits per heavy atom. The first kappa shape index (κ1) is 15.5. The molecule has 1 atom stereocenters. The Hall–Kier alpha value is -0.910. The fraction of sp³-hybridized carbons (Fsp3) is 0.600. The van der Waals surface area contributed by atoms with Crippen LogP contribution in [0.2, 0.25) is 0 Å². The number of benzene rings is 1. The van der Waals surface area contributed by atoms with Crippen molar-refractivity contribution in [1.82, 2.24) is 4.31 Å². The van der Waals surface area contributed by atoms with Crippen LogP contribution in [0.4, 0.5) is 0 Å². The minimum absolute atomic E-state index is 0.142. The molecule has 2 N–H and O–H groups in total. The minimum atomic E-state index is -3.34. The van der Waals surface area contributed by atoms with Crippen molar-refractivity contribution in [1.29, 1.82) is 0 Å². The number of nitrogens with two attached hydrogens (primary N) is 1. The summed E-state index contributed by atoms with van der Waals surface area (Å²) < 4.78 is 26.7. The van der Waals surface area contributed by atoms with Crippen LogP contribution in [0.5, 0.6) is 0 Å². The Kier molecular flexibility index (Phi) is 4.83. The molecule has 0 amide bonds. The number of nitrogens with zero attached hydrogens (tertiary/aromatic N) is 1. The molecule has 1 unspecified atom stereocenters. The zero-order valence-electron chi connectivity index (χ0n) is 12.2. The van der Waals surface area contributed by atoms with Crippen LogP contribution >= 0.6 is 0 Å². The van der Waals surface area contributed by atoms with E-state index < -0.39 is 10.0 Å². The summed E-state index contributed by atoms with van der Waals surface area (Å²) in [7, 11) is -3.34. The van der Waals surface area contributed by atoms with Crippen molar-refractivity contribution in [3.63, 3.8) is 0 Å². The van der Waals surface area contributed by atoms with E-state index in [9.17, 15) is 8.42 Å². The largest absolute Gasteiger partial charge is 0.328 e. The van der Waals surface area contributed by atoms with Crippen molar-refractivity contribution in [2.45, 2.75) is 44.0 Å². The van der Waals surface area contributed by atoms with Gasteiger partial charge < -0.3 is 5.73 Å². The van der Waals surface area contributed by atoms with E-state index in [1.807, 2.05) is 19.1 Å². The fourth-order valence-electron chi connectivity index (χ4n) is 2.69.